The molecule has 218 valence electrons. The number of likely N-dealkylation sites (tertiary alicyclic amines) is 1. The van der Waals surface area contributed by atoms with Gasteiger partial charge in [0, 0.05) is 30.1 Å². The number of aliphatic hydroxyl groups excluding tert-OH is 1. The number of thioether (sulfide) groups is 1. The van der Waals surface area contributed by atoms with Crippen molar-refractivity contribution in [3.05, 3.63) is 67.8 Å². The number of hydrogen-bond donors (Lipinski definition) is 1. The van der Waals surface area contributed by atoms with Gasteiger partial charge in [0.2, 0.25) is 5.91 Å². The van der Waals surface area contributed by atoms with E-state index in [1.807, 2.05) is 42.5 Å². The van der Waals surface area contributed by atoms with E-state index in [1.54, 1.807) is 33.7 Å². The van der Waals surface area contributed by atoms with Gasteiger partial charge in [-0.3, -0.25) is 14.4 Å². The Morgan fingerprint density at radius 3 is 2.63 bits per heavy atom. The molecule has 1 spiro atoms. The van der Waals surface area contributed by atoms with Crippen LogP contribution in [-0.4, -0.2) is 69.6 Å². The van der Waals surface area contributed by atoms with Crippen LogP contribution in [0.15, 0.2) is 67.8 Å². The standard InChI is InChI=1S/C33H40N2O5S/c1-4-6-21-40-31(39)27-26-29(37)35(19-10-7-11-20-36)28(33(26)17-16-32(27,3)41-33)30(38)34(18-5-2)25-15-14-23-12-8-9-13-24(23)22-25/h4-5,8-9,12-15,22,26-28,36H,1-2,6-7,10-11,16-21H2,3H3/t26-,27+,28?,32-,33?/m0/s1. The Bertz CT molecular complexity index is 1350. The van der Waals surface area contributed by atoms with Crippen molar-refractivity contribution < 1.29 is 24.2 Å². The van der Waals surface area contributed by atoms with Gasteiger partial charge < -0.3 is 19.6 Å². The fourth-order valence-electron chi connectivity index (χ4n) is 7.15. The van der Waals surface area contributed by atoms with Gasteiger partial charge in [-0.2, -0.15) is 0 Å². The smallest absolute Gasteiger partial charge is 0.311 e. The lowest BCUT2D eigenvalue weighted by Gasteiger charge is -2.37. The highest BCUT2D eigenvalue weighted by molar-refractivity contribution is 8.02. The fraction of sp³-hybridized carbons (Fsp3) is 0.485. The lowest BCUT2D eigenvalue weighted by Crippen LogP contribution is -2.55. The third-order valence-electron chi connectivity index (χ3n) is 9.01. The number of unbranched alkanes of at least 4 members (excludes halogenated alkanes) is 2. The molecule has 2 aromatic rings. The first kappa shape index (κ1) is 29.4. The van der Waals surface area contributed by atoms with Gasteiger partial charge in [-0.15, -0.1) is 24.9 Å². The second-order valence-corrected chi connectivity index (χ2v) is 13.5. The van der Waals surface area contributed by atoms with Crippen molar-refractivity contribution in [3.8, 4) is 0 Å². The maximum atomic E-state index is 14.7. The van der Waals surface area contributed by atoms with Crippen molar-refractivity contribution in [2.24, 2.45) is 11.8 Å². The number of aliphatic hydroxyl groups is 1. The average molecular weight is 577 g/mol. The Hall–Kier alpha value is -3.10. The lowest BCUT2D eigenvalue weighted by atomic mass is 9.66. The zero-order valence-electron chi connectivity index (χ0n) is 23.8. The molecular weight excluding hydrogens is 536 g/mol. The van der Waals surface area contributed by atoms with E-state index in [0.29, 0.717) is 38.8 Å². The van der Waals surface area contributed by atoms with Crippen LogP contribution in [0.3, 0.4) is 0 Å². The van der Waals surface area contributed by atoms with Crippen LogP contribution in [0.2, 0.25) is 0 Å². The quantitative estimate of drug-likeness (QED) is 0.202. The Labute approximate surface area is 246 Å². The van der Waals surface area contributed by atoms with E-state index in [4.69, 9.17) is 4.74 Å². The molecule has 7 nitrogen and oxygen atoms in total. The number of carbonyl (C=O) groups is 3. The van der Waals surface area contributed by atoms with Gasteiger partial charge in [0.1, 0.15) is 6.04 Å². The molecule has 2 unspecified atom stereocenters. The molecule has 3 heterocycles. The molecule has 0 saturated carbocycles. The number of rotatable bonds is 13. The Morgan fingerprint density at radius 1 is 1.12 bits per heavy atom. The summed E-state index contributed by atoms with van der Waals surface area (Å²) in [5.41, 5.74) is 0.755. The van der Waals surface area contributed by atoms with Gasteiger partial charge in [0.25, 0.3) is 5.91 Å². The first-order valence-electron chi connectivity index (χ1n) is 14.6. The van der Waals surface area contributed by atoms with Crippen molar-refractivity contribution in [1.29, 1.82) is 0 Å². The summed E-state index contributed by atoms with van der Waals surface area (Å²) in [5, 5.41) is 11.4. The minimum absolute atomic E-state index is 0.0881. The predicted molar refractivity (Wildman–Crippen MR) is 164 cm³/mol. The van der Waals surface area contributed by atoms with E-state index in [-0.39, 0.29) is 31.0 Å². The van der Waals surface area contributed by atoms with Gasteiger partial charge in [-0.25, -0.2) is 0 Å². The molecule has 2 aromatic carbocycles. The summed E-state index contributed by atoms with van der Waals surface area (Å²) < 4.78 is 4.46. The van der Waals surface area contributed by atoms with E-state index >= 15 is 0 Å². The largest absolute Gasteiger partial charge is 0.465 e. The van der Waals surface area contributed by atoms with Crippen molar-refractivity contribution in [2.45, 2.75) is 61.0 Å². The second kappa shape index (κ2) is 12.0. The minimum Gasteiger partial charge on any atom is -0.465 e. The van der Waals surface area contributed by atoms with E-state index < -0.39 is 27.4 Å². The number of esters is 1. The molecule has 3 aliphatic heterocycles. The summed E-state index contributed by atoms with van der Waals surface area (Å²) in [6.07, 6.45) is 7.45. The molecule has 5 atom stereocenters. The monoisotopic (exact) mass is 576 g/mol. The molecule has 3 fully saturated rings. The molecular formula is C33H40N2O5S. The third-order valence-corrected chi connectivity index (χ3v) is 11.0. The van der Waals surface area contributed by atoms with Gasteiger partial charge in [-0.05, 0) is 68.4 Å². The van der Waals surface area contributed by atoms with Crippen molar-refractivity contribution in [2.75, 3.05) is 31.2 Å². The zero-order chi connectivity index (χ0) is 29.2. The highest BCUT2D eigenvalue weighted by Gasteiger charge is 2.77. The number of ether oxygens (including phenoxy) is 1. The first-order valence-corrected chi connectivity index (χ1v) is 15.4. The third kappa shape index (κ3) is 5.10. The molecule has 2 amide bonds. The Morgan fingerprint density at radius 2 is 1.90 bits per heavy atom. The summed E-state index contributed by atoms with van der Waals surface area (Å²) in [7, 11) is 0. The molecule has 0 aliphatic carbocycles. The minimum atomic E-state index is -0.710. The number of amides is 2. The summed E-state index contributed by atoms with van der Waals surface area (Å²) >= 11 is 1.65. The molecule has 5 rings (SSSR count). The number of anilines is 1. The molecule has 2 bridgehead atoms. The van der Waals surface area contributed by atoms with Crippen molar-refractivity contribution >= 4 is 46.0 Å². The van der Waals surface area contributed by atoms with Crippen LogP contribution in [0.25, 0.3) is 10.8 Å². The molecule has 0 aromatic heterocycles. The highest BCUT2D eigenvalue weighted by Crippen LogP contribution is 2.71. The molecule has 8 heteroatoms. The van der Waals surface area contributed by atoms with Crippen LogP contribution in [0.4, 0.5) is 5.69 Å². The predicted octanol–water partition coefficient (Wildman–Crippen LogP) is 5.12. The summed E-state index contributed by atoms with van der Waals surface area (Å²) in [6.45, 7) is 10.7. The maximum Gasteiger partial charge on any atom is 0.311 e. The lowest BCUT2D eigenvalue weighted by molar-refractivity contribution is -0.155. The van der Waals surface area contributed by atoms with E-state index in [0.717, 1.165) is 29.3 Å². The number of hydrogen-bond acceptors (Lipinski definition) is 6. The average Bonchev–Trinajstić information content (AvgIpc) is 3.54. The van der Waals surface area contributed by atoms with Gasteiger partial charge >= 0.3 is 5.97 Å². The van der Waals surface area contributed by atoms with Crippen molar-refractivity contribution in [1.82, 2.24) is 4.90 Å². The van der Waals surface area contributed by atoms with Crippen LogP contribution in [0.5, 0.6) is 0 Å². The molecule has 3 aliphatic rings. The molecule has 0 radical (unpaired) electrons. The second-order valence-electron chi connectivity index (χ2n) is 11.6. The van der Waals surface area contributed by atoms with Gasteiger partial charge in [-0.1, -0.05) is 42.5 Å². The van der Waals surface area contributed by atoms with Crippen LogP contribution >= 0.6 is 11.8 Å². The van der Waals surface area contributed by atoms with E-state index in [1.165, 1.54) is 0 Å². The first-order chi connectivity index (χ1) is 19.8. The number of fused-ring (bicyclic) bond motifs is 2. The van der Waals surface area contributed by atoms with Crippen LogP contribution in [-0.2, 0) is 19.1 Å². The SMILES string of the molecule is C=CCCOC(=O)[C@H]1[C@H]2C(=O)N(CCCCCO)C(C(=O)N(CC=C)c3ccc4ccccc4c3)C23CC[C@]1(C)S3. The zero-order valence-corrected chi connectivity index (χ0v) is 24.6. The normalized spacial score (nSPS) is 28.1. The molecule has 1 N–H and O–H groups in total. The van der Waals surface area contributed by atoms with E-state index in [2.05, 4.69) is 20.1 Å². The topological polar surface area (TPSA) is 87.1 Å². The number of nitrogens with zero attached hydrogens (tertiary/aromatic N) is 2. The molecule has 3 saturated heterocycles. The Balaban J connectivity index is 1.53. The number of carbonyl (C=O) groups excluding carboxylic acids is 3. The van der Waals surface area contributed by atoms with Crippen molar-refractivity contribution in [3.63, 3.8) is 0 Å². The summed E-state index contributed by atoms with van der Waals surface area (Å²) in [6, 6.07) is 13.3. The Kier molecular flexibility index (Phi) is 8.62. The fourth-order valence-corrected chi connectivity index (χ4v) is 9.49. The van der Waals surface area contributed by atoms with E-state index in [9.17, 15) is 19.5 Å². The molecule has 41 heavy (non-hydrogen) atoms. The van der Waals surface area contributed by atoms with Gasteiger partial charge in [0.15, 0.2) is 0 Å². The van der Waals surface area contributed by atoms with Gasteiger partial charge in [0.05, 0.1) is 23.2 Å². The highest BCUT2D eigenvalue weighted by atomic mass is 32.2. The van der Waals surface area contributed by atoms with Crippen LogP contribution in [0.1, 0.15) is 45.4 Å². The summed E-state index contributed by atoms with van der Waals surface area (Å²) in [5.74, 6) is -1.85. The maximum absolute atomic E-state index is 14.7. The summed E-state index contributed by atoms with van der Waals surface area (Å²) in [4.78, 5) is 46.0. The number of benzene rings is 2. The van der Waals surface area contributed by atoms with Crippen LogP contribution in [0, 0.1) is 11.8 Å². The van der Waals surface area contributed by atoms with Crippen LogP contribution < -0.4 is 4.90 Å².